The summed E-state index contributed by atoms with van der Waals surface area (Å²) in [4.78, 5) is 16.2. The van der Waals surface area contributed by atoms with Crippen LogP contribution in [0.2, 0.25) is 0 Å². The Kier molecular flexibility index (Phi) is 3.62. The van der Waals surface area contributed by atoms with Gasteiger partial charge < -0.3 is 14.9 Å². The first-order valence-electron chi connectivity index (χ1n) is 6.59. The van der Waals surface area contributed by atoms with Crippen molar-refractivity contribution >= 4 is 27.4 Å². The number of nitrogen functional groups attached to an aromatic ring is 1. The van der Waals surface area contributed by atoms with Crippen molar-refractivity contribution in [2.24, 2.45) is 0 Å². The molecule has 2 aromatic heterocycles. The van der Waals surface area contributed by atoms with Crippen LogP contribution in [0.5, 0.6) is 5.75 Å². The minimum atomic E-state index is -0.430. The average Bonchev–Trinajstić information content (AvgIpc) is 2.90. The van der Waals surface area contributed by atoms with Crippen LogP contribution in [0, 0.1) is 0 Å². The fourth-order valence-corrected chi connectivity index (χ4v) is 2.55. The van der Waals surface area contributed by atoms with Crippen molar-refractivity contribution < 1.29 is 9.15 Å². The molecule has 0 unspecified atom stereocenters. The van der Waals surface area contributed by atoms with Gasteiger partial charge in [0.15, 0.2) is 5.13 Å². The van der Waals surface area contributed by atoms with Gasteiger partial charge in [-0.05, 0) is 24.6 Å². The van der Waals surface area contributed by atoms with E-state index in [1.54, 1.807) is 17.5 Å². The molecule has 5 nitrogen and oxygen atoms in total. The highest BCUT2D eigenvalue weighted by Gasteiger charge is 2.11. The number of hydrogen-bond donors (Lipinski definition) is 1. The minimum Gasteiger partial charge on any atom is -0.493 e. The molecule has 0 aliphatic rings. The molecule has 0 bridgehead atoms. The SMILES string of the molecule is CCCOc1ccc2cc(-c3csc(N)n3)c(=O)oc2c1. The molecule has 21 heavy (non-hydrogen) atoms. The van der Waals surface area contributed by atoms with Gasteiger partial charge >= 0.3 is 5.63 Å². The molecular formula is C15H14N2O3S. The maximum absolute atomic E-state index is 12.1. The largest absolute Gasteiger partial charge is 0.493 e. The van der Waals surface area contributed by atoms with Crippen molar-refractivity contribution in [1.82, 2.24) is 4.98 Å². The quantitative estimate of drug-likeness (QED) is 0.748. The van der Waals surface area contributed by atoms with E-state index in [1.165, 1.54) is 11.3 Å². The van der Waals surface area contributed by atoms with Gasteiger partial charge in [0.2, 0.25) is 0 Å². The lowest BCUT2D eigenvalue weighted by Crippen LogP contribution is -2.03. The first kappa shape index (κ1) is 13.6. The van der Waals surface area contributed by atoms with Gasteiger partial charge in [-0.25, -0.2) is 9.78 Å². The molecule has 0 spiro atoms. The molecule has 108 valence electrons. The van der Waals surface area contributed by atoms with Gasteiger partial charge in [0, 0.05) is 16.8 Å². The number of nitrogens with two attached hydrogens (primary N) is 1. The van der Waals surface area contributed by atoms with E-state index in [2.05, 4.69) is 4.98 Å². The van der Waals surface area contributed by atoms with Gasteiger partial charge in [-0.15, -0.1) is 11.3 Å². The van der Waals surface area contributed by atoms with Crippen LogP contribution in [0.1, 0.15) is 13.3 Å². The van der Waals surface area contributed by atoms with E-state index in [0.717, 1.165) is 11.8 Å². The lowest BCUT2D eigenvalue weighted by Gasteiger charge is -2.05. The fraction of sp³-hybridized carbons (Fsp3) is 0.200. The second kappa shape index (κ2) is 5.57. The highest BCUT2D eigenvalue weighted by Crippen LogP contribution is 2.25. The van der Waals surface area contributed by atoms with Crippen LogP contribution in [0.15, 0.2) is 38.9 Å². The molecule has 0 radical (unpaired) electrons. The molecule has 6 heteroatoms. The Balaban J connectivity index is 2.06. The summed E-state index contributed by atoms with van der Waals surface area (Å²) in [6.45, 7) is 2.67. The number of thiazole rings is 1. The van der Waals surface area contributed by atoms with Gasteiger partial charge in [0.25, 0.3) is 0 Å². The highest BCUT2D eigenvalue weighted by atomic mass is 32.1. The molecule has 0 aliphatic carbocycles. The highest BCUT2D eigenvalue weighted by molar-refractivity contribution is 7.13. The van der Waals surface area contributed by atoms with Crippen molar-refractivity contribution in [3.8, 4) is 17.0 Å². The van der Waals surface area contributed by atoms with Crippen LogP contribution in [-0.4, -0.2) is 11.6 Å². The van der Waals surface area contributed by atoms with Crippen LogP contribution < -0.4 is 16.1 Å². The summed E-state index contributed by atoms with van der Waals surface area (Å²) >= 11 is 1.29. The molecule has 3 rings (SSSR count). The molecule has 2 heterocycles. The number of rotatable bonds is 4. The summed E-state index contributed by atoms with van der Waals surface area (Å²) in [5.74, 6) is 0.693. The average molecular weight is 302 g/mol. The fourth-order valence-electron chi connectivity index (χ4n) is 1.99. The topological polar surface area (TPSA) is 78.4 Å². The third kappa shape index (κ3) is 2.75. The predicted molar refractivity (Wildman–Crippen MR) is 83.8 cm³/mol. The third-order valence-electron chi connectivity index (χ3n) is 2.98. The molecule has 2 N–H and O–H groups in total. The number of anilines is 1. The number of ether oxygens (including phenoxy) is 1. The van der Waals surface area contributed by atoms with E-state index in [9.17, 15) is 4.79 Å². The van der Waals surface area contributed by atoms with E-state index in [1.807, 2.05) is 19.1 Å². The van der Waals surface area contributed by atoms with Gasteiger partial charge in [-0.1, -0.05) is 6.92 Å². The minimum absolute atomic E-state index is 0.415. The van der Waals surface area contributed by atoms with E-state index < -0.39 is 5.63 Å². The number of fused-ring (bicyclic) bond motifs is 1. The zero-order valence-electron chi connectivity index (χ0n) is 11.5. The van der Waals surface area contributed by atoms with Gasteiger partial charge in [0.05, 0.1) is 17.9 Å². The molecule has 0 atom stereocenters. The standard InChI is InChI=1S/C15H14N2O3S/c1-2-5-19-10-4-3-9-6-11(12-8-21-15(16)17-12)14(18)20-13(9)7-10/h3-4,6-8H,2,5H2,1H3,(H2,16,17). The Morgan fingerprint density at radius 1 is 1.38 bits per heavy atom. The van der Waals surface area contributed by atoms with Crippen LogP contribution in [0.4, 0.5) is 5.13 Å². The first-order chi connectivity index (χ1) is 10.2. The summed E-state index contributed by atoms with van der Waals surface area (Å²) in [6, 6.07) is 7.21. The van der Waals surface area contributed by atoms with Gasteiger partial charge in [0.1, 0.15) is 11.3 Å². The second-order valence-electron chi connectivity index (χ2n) is 4.57. The maximum Gasteiger partial charge on any atom is 0.345 e. The van der Waals surface area contributed by atoms with Crippen LogP contribution in [0.25, 0.3) is 22.2 Å². The zero-order chi connectivity index (χ0) is 14.8. The Labute approximate surface area is 125 Å². The van der Waals surface area contributed by atoms with Crippen molar-refractivity contribution in [1.29, 1.82) is 0 Å². The van der Waals surface area contributed by atoms with Gasteiger partial charge in [-0.3, -0.25) is 0 Å². The smallest absolute Gasteiger partial charge is 0.345 e. The maximum atomic E-state index is 12.1. The van der Waals surface area contributed by atoms with Crippen molar-refractivity contribution in [2.45, 2.75) is 13.3 Å². The summed E-state index contributed by atoms with van der Waals surface area (Å²) in [7, 11) is 0. The molecule has 0 saturated carbocycles. The zero-order valence-corrected chi connectivity index (χ0v) is 12.3. The first-order valence-corrected chi connectivity index (χ1v) is 7.47. The Hall–Kier alpha value is -2.34. The molecule has 0 saturated heterocycles. The lowest BCUT2D eigenvalue weighted by molar-refractivity contribution is 0.317. The van der Waals surface area contributed by atoms with E-state index in [4.69, 9.17) is 14.9 Å². The van der Waals surface area contributed by atoms with Crippen molar-refractivity contribution in [2.75, 3.05) is 12.3 Å². The number of nitrogens with zero attached hydrogens (tertiary/aromatic N) is 1. The summed E-state index contributed by atoms with van der Waals surface area (Å²) in [5.41, 5.74) is 6.63. The Bertz CT molecular complexity index is 838. The van der Waals surface area contributed by atoms with Crippen LogP contribution in [-0.2, 0) is 0 Å². The molecule has 1 aromatic carbocycles. The summed E-state index contributed by atoms with van der Waals surface area (Å²) in [5, 5.41) is 2.99. The molecule has 0 fully saturated rings. The Morgan fingerprint density at radius 3 is 2.95 bits per heavy atom. The molecule has 3 aromatic rings. The normalized spacial score (nSPS) is 10.9. The monoisotopic (exact) mass is 302 g/mol. The predicted octanol–water partition coefficient (Wildman–Crippen LogP) is 3.29. The number of hydrogen-bond acceptors (Lipinski definition) is 6. The summed E-state index contributed by atoms with van der Waals surface area (Å²) in [6.07, 6.45) is 0.923. The van der Waals surface area contributed by atoms with Crippen LogP contribution >= 0.6 is 11.3 Å². The van der Waals surface area contributed by atoms with E-state index in [-0.39, 0.29) is 0 Å². The third-order valence-corrected chi connectivity index (χ3v) is 3.65. The van der Waals surface area contributed by atoms with Gasteiger partial charge in [-0.2, -0.15) is 0 Å². The second-order valence-corrected chi connectivity index (χ2v) is 5.46. The van der Waals surface area contributed by atoms with Crippen LogP contribution in [0.3, 0.4) is 0 Å². The molecular weight excluding hydrogens is 288 g/mol. The number of aromatic nitrogens is 1. The number of benzene rings is 1. The Morgan fingerprint density at radius 2 is 2.24 bits per heavy atom. The van der Waals surface area contributed by atoms with E-state index in [0.29, 0.717) is 34.3 Å². The van der Waals surface area contributed by atoms with E-state index >= 15 is 0 Å². The summed E-state index contributed by atoms with van der Waals surface area (Å²) < 4.78 is 10.9. The van der Waals surface area contributed by atoms with Crippen molar-refractivity contribution in [3.05, 3.63) is 40.1 Å². The van der Waals surface area contributed by atoms with Crippen molar-refractivity contribution in [3.63, 3.8) is 0 Å². The lowest BCUT2D eigenvalue weighted by atomic mass is 10.1. The molecule has 0 amide bonds. The molecule has 0 aliphatic heterocycles.